The second-order valence-corrected chi connectivity index (χ2v) is 4.13. The first-order valence-electron chi connectivity index (χ1n) is 5.29. The molecule has 0 radical (unpaired) electrons. The number of rotatable bonds is 3. The Morgan fingerprint density at radius 1 is 1.33 bits per heavy atom. The molecule has 4 heteroatoms. The molecule has 0 aromatic carbocycles. The van der Waals surface area contributed by atoms with Gasteiger partial charge in [0.1, 0.15) is 6.10 Å². The molecule has 2 unspecified atom stereocenters. The number of hydrogen-bond donors (Lipinski definition) is 0. The molecule has 1 aliphatic heterocycles. The highest BCUT2D eigenvalue weighted by atomic mass is 16.6. The monoisotopic (exact) mass is 208 g/mol. The molecule has 0 saturated carbocycles. The summed E-state index contributed by atoms with van der Waals surface area (Å²) in [4.78, 5) is 8.09. The molecule has 0 spiro atoms. The van der Waals surface area contributed by atoms with Crippen LogP contribution in [0.4, 0.5) is 0 Å². The van der Waals surface area contributed by atoms with Gasteiger partial charge >= 0.3 is 6.01 Å². The summed E-state index contributed by atoms with van der Waals surface area (Å²) >= 11 is 0. The maximum Gasteiger partial charge on any atom is 0.316 e. The van der Waals surface area contributed by atoms with Crippen LogP contribution in [0, 0.1) is 11.8 Å². The molecule has 1 aromatic heterocycles. The lowest BCUT2D eigenvalue weighted by Gasteiger charge is -2.20. The maximum absolute atomic E-state index is 5.70. The predicted octanol–water partition coefficient (Wildman–Crippen LogP) is 1.53. The van der Waals surface area contributed by atoms with E-state index in [9.17, 15) is 0 Å². The van der Waals surface area contributed by atoms with Gasteiger partial charge in [0, 0.05) is 18.3 Å². The summed E-state index contributed by atoms with van der Waals surface area (Å²) in [6.07, 6.45) is 3.46. The largest absolute Gasteiger partial charge is 0.457 e. The molecule has 4 nitrogen and oxygen atoms in total. The number of nitrogens with zero attached hydrogens (tertiary/aromatic N) is 2. The van der Waals surface area contributed by atoms with E-state index in [1.165, 1.54) is 0 Å². The molecule has 82 valence electrons. The molecular weight excluding hydrogens is 192 g/mol. The van der Waals surface area contributed by atoms with Crippen molar-refractivity contribution < 1.29 is 9.47 Å². The van der Waals surface area contributed by atoms with Crippen molar-refractivity contribution in [3.63, 3.8) is 0 Å². The Morgan fingerprint density at radius 3 is 2.73 bits per heavy atom. The highest BCUT2D eigenvalue weighted by Gasteiger charge is 2.32. The van der Waals surface area contributed by atoms with Gasteiger partial charge in [-0.05, 0) is 12.0 Å². The van der Waals surface area contributed by atoms with Crippen LogP contribution in [-0.2, 0) is 4.74 Å². The fourth-order valence-electron chi connectivity index (χ4n) is 1.78. The minimum Gasteiger partial charge on any atom is -0.457 e. The summed E-state index contributed by atoms with van der Waals surface area (Å²) < 4.78 is 11.1. The van der Waals surface area contributed by atoms with Crippen molar-refractivity contribution in [2.24, 2.45) is 11.8 Å². The van der Waals surface area contributed by atoms with Crippen molar-refractivity contribution in [1.82, 2.24) is 9.97 Å². The van der Waals surface area contributed by atoms with E-state index in [4.69, 9.17) is 9.47 Å². The Balaban J connectivity index is 2.00. The summed E-state index contributed by atoms with van der Waals surface area (Å²) in [7, 11) is 0. The average Bonchev–Trinajstić information content (AvgIpc) is 2.67. The quantitative estimate of drug-likeness (QED) is 0.755. The van der Waals surface area contributed by atoms with Gasteiger partial charge in [0.25, 0.3) is 0 Å². The topological polar surface area (TPSA) is 44.2 Å². The first kappa shape index (κ1) is 10.4. The molecule has 1 aliphatic rings. The van der Waals surface area contributed by atoms with Gasteiger partial charge in [0.2, 0.25) is 0 Å². The van der Waals surface area contributed by atoms with Crippen molar-refractivity contribution in [3.05, 3.63) is 18.5 Å². The highest BCUT2D eigenvalue weighted by molar-refractivity contribution is 4.96. The molecule has 0 aliphatic carbocycles. The van der Waals surface area contributed by atoms with E-state index in [1.807, 2.05) is 0 Å². The summed E-state index contributed by atoms with van der Waals surface area (Å²) in [5, 5.41) is 0. The molecular formula is C11H16N2O2. The van der Waals surface area contributed by atoms with Gasteiger partial charge in [-0.15, -0.1) is 0 Å². The lowest BCUT2D eigenvalue weighted by atomic mass is 9.93. The molecule has 0 amide bonds. The van der Waals surface area contributed by atoms with E-state index < -0.39 is 0 Å². The van der Waals surface area contributed by atoms with Crippen molar-refractivity contribution in [1.29, 1.82) is 0 Å². The Hall–Kier alpha value is -1.16. The van der Waals surface area contributed by atoms with Crippen LogP contribution in [0.25, 0.3) is 0 Å². The molecule has 1 fully saturated rings. The SMILES string of the molecule is CC(C)C1COCC1Oc1ncccn1. The molecule has 2 heterocycles. The zero-order valence-electron chi connectivity index (χ0n) is 9.09. The van der Waals surface area contributed by atoms with E-state index in [0.717, 1.165) is 6.61 Å². The molecule has 1 aromatic rings. The predicted molar refractivity (Wildman–Crippen MR) is 55.6 cm³/mol. The molecule has 2 atom stereocenters. The van der Waals surface area contributed by atoms with Crippen LogP contribution >= 0.6 is 0 Å². The van der Waals surface area contributed by atoms with E-state index in [0.29, 0.717) is 24.5 Å². The molecule has 15 heavy (non-hydrogen) atoms. The zero-order chi connectivity index (χ0) is 10.7. The van der Waals surface area contributed by atoms with Gasteiger partial charge < -0.3 is 9.47 Å². The summed E-state index contributed by atoms with van der Waals surface area (Å²) in [6.45, 7) is 5.78. The maximum atomic E-state index is 5.70. The van der Waals surface area contributed by atoms with Gasteiger partial charge in [-0.2, -0.15) is 0 Å². The van der Waals surface area contributed by atoms with Gasteiger partial charge in [0.15, 0.2) is 0 Å². The zero-order valence-corrected chi connectivity index (χ0v) is 9.09. The Bertz CT molecular complexity index is 303. The summed E-state index contributed by atoms with van der Waals surface area (Å²) in [5.41, 5.74) is 0. The molecule has 0 bridgehead atoms. The van der Waals surface area contributed by atoms with Crippen LogP contribution in [0.3, 0.4) is 0 Å². The van der Waals surface area contributed by atoms with Crippen LogP contribution in [0.2, 0.25) is 0 Å². The third kappa shape index (κ3) is 2.45. The van der Waals surface area contributed by atoms with Crippen LogP contribution < -0.4 is 4.74 Å². The standard InChI is InChI=1S/C11H16N2O2/c1-8(2)9-6-14-7-10(9)15-11-12-4-3-5-13-11/h3-5,8-10H,6-7H2,1-2H3. The van der Waals surface area contributed by atoms with E-state index >= 15 is 0 Å². The van der Waals surface area contributed by atoms with Gasteiger partial charge in [-0.3, -0.25) is 0 Å². The van der Waals surface area contributed by atoms with Crippen molar-refractivity contribution >= 4 is 0 Å². The van der Waals surface area contributed by atoms with Crippen molar-refractivity contribution in [2.75, 3.05) is 13.2 Å². The summed E-state index contributed by atoms with van der Waals surface area (Å²) in [6, 6.07) is 2.22. The third-order valence-electron chi connectivity index (χ3n) is 2.73. The van der Waals surface area contributed by atoms with Crippen LogP contribution in [0.1, 0.15) is 13.8 Å². The minimum absolute atomic E-state index is 0.0902. The van der Waals surface area contributed by atoms with Gasteiger partial charge in [-0.1, -0.05) is 13.8 Å². The smallest absolute Gasteiger partial charge is 0.316 e. The van der Waals surface area contributed by atoms with Crippen LogP contribution in [-0.4, -0.2) is 29.3 Å². The Kier molecular flexibility index (Phi) is 3.16. The third-order valence-corrected chi connectivity index (χ3v) is 2.73. The Labute approximate surface area is 89.6 Å². The lowest BCUT2D eigenvalue weighted by Crippen LogP contribution is -2.29. The minimum atomic E-state index is 0.0902. The fraction of sp³-hybridized carbons (Fsp3) is 0.636. The second kappa shape index (κ2) is 4.57. The normalized spacial score (nSPS) is 25.8. The Morgan fingerprint density at radius 2 is 2.07 bits per heavy atom. The lowest BCUT2D eigenvalue weighted by molar-refractivity contribution is 0.121. The van der Waals surface area contributed by atoms with Crippen molar-refractivity contribution in [3.8, 4) is 6.01 Å². The van der Waals surface area contributed by atoms with Crippen LogP contribution in [0.15, 0.2) is 18.5 Å². The first-order chi connectivity index (χ1) is 7.27. The average molecular weight is 208 g/mol. The van der Waals surface area contributed by atoms with E-state index in [-0.39, 0.29) is 6.10 Å². The second-order valence-electron chi connectivity index (χ2n) is 4.13. The van der Waals surface area contributed by atoms with Gasteiger partial charge in [0.05, 0.1) is 13.2 Å². The van der Waals surface area contributed by atoms with Crippen molar-refractivity contribution in [2.45, 2.75) is 20.0 Å². The molecule has 2 rings (SSSR count). The van der Waals surface area contributed by atoms with E-state index in [2.05, 4.69) is 23.8 Å². The van der Waals surface area contributed by atoms with E-state index in [1.54, 1.807) is 18.5 Å². The summed E-state index contributed by atoms with van der Waals surface area (Å²) in [5.74, 6) is 0.995. The number of aromatic nitrogens is 2. The van der Waals surface area contributed by atoms with Gasteiger partial charge in [-0.25, -0.2) is 9.97 Å². The molecule has 1 saturated heterocycles. The molecule has 0 N–H and O–H groups in total. The first-order valence-corrected chi connectivity index (χ1v) is 5.29. The van der Waals surface area contributed by atoms with Crippen LogP contribution in [0.5, 0.6) is 6.01 Å². The highest BCUT2D eigenvalue weighted by Crippen LogP contribution is 2.24. The fourth-order valence-corrected chi connectivity index (χ4v) is 1.78. The number of hydrogen-bond acceptors (Lipinski definition) is 4. The number of ether oxygens (including phenoxy) is 2.